The fourth-order valence-corrected chi connectivity index (χ4v) is 3.75. The molecular formula is C29H22F4O. The maximum Gasteiger partial charge on any atom is 0.166 e. The van der Waals surface area contributed by atoms with Gasteiger partial charge in [0.25, 0.3) is 0 Å². The van der Waals surface area contributed by atoms with E-state index >= 15 is 0 Å². The molecule has 0 aromatic heterocycles. The van der Waals surface area contributed by atoms with Gasteiger partial charge in [-0.1, -0.05) is 42.2 Å². The predicted octanol–water partition coefficient (Wildman–Crippen LogP) is 6.77. The summed E-state index contributed by atoms with van der Waals surface area (Å²) >= 11 is 0. The quantitative estimate of drug-likeness (QED) is 0.227. The Morgan fingerprint density at radius 3 is 2.21 bits per heavy atom. The predicted molar refractivity (Wildman–Crippen MR) is 126 cm³/mol. The lowest BCUT2D eigenvalue weighted by Gasteiger charge is -2.07. The molecule has 0 fully saturated rings. The fourth-order valence-electron chi connectivity index (χ4n) is 3.75. The van der Waals surface area contributed by atoms with Crippen LogP contribution in [-0.2, 0) is 24.0 Å². The third-order valence-corrected chi connectivity index (χ3v) is 5.68. The average molecular weight is 462 g/mol. The van der Waals surface area contributed by atoms with Crippen molar-refractivity contribution in [1.82, 2.24) is 0 Å². The lowest BCUT2D eigenvalue weighted by molar-refractivity contribution is 0.202. The van der Waals surface area contributed by atoms with E-state index in [1.807, 2.05) is 6.07 Å². The van der Waals surface area contributed by atoms with E-state index in [4.69, 9.17) is 4.74 Å². The van der Waals surface area contributed by atoms with Gasteiger partial charge in [0.2, 0.25) is 0 Å². The molecule has 0 radical (unpaired) electrons. The van der Waals surface area contributed by atoms with Crippen molar-refractivity contribution in [1.29, 1.82) is 0 Å². The van der Waals surface area contributed by atoms with Crippen LogP contribution in [0.15, 0.2) is 66.7 Å². The van der Waals surface area contributed by atoms with E-state index in [0.717, 1.165) is 17.2 Å². The second kappa shape index (κ2) is 10.5. The minimum Gasteiger partial charge on any atom is -0.384 e. The van der Waals surface area contributed by atoms with Crippen LogP contribution >= 0.6 is 0 Å². The van der Waals surface area contributed by atoms with E-state index in [0.29, 0.717) is 42.4 Å². The van der Waals surface area contributed by atoms with Crippen LogP contribution in [0.2, 0.25) is 0 Å². The first-order valence-corrected chi connectivity index (χ1v) is 10.9. The molecule has 0 aliphatic rings. The van der Waals surface area contributed by atoms with Crippen molar-refractivity contribution >= 4 is 10.8 Å². The zero-order chi connectivity index (χ0) is 24.1. The molecule has 1 nitrogen and oxygen atoms in total. The van der Waals surface area contributed by atoms with E-state index in [-0.39, 0.29) is 16.8 Å². The van der Waals surface area contributed by atoms with Gasteiger partial charge in [0.05, 0.1) is 12.2 Å². The van der Waals surface area contributed by atoms with E-state index in [9.17, 15) is 17.6 Å². The fraction of sp³-hybridized carbons (Fsp3) is 0.172. The maximum atomic E-state index is 14.6. The highest BCUT2D eigenvalue weighted by Gasteiger charge is 2.08. The number of fused-ring (bicyclic) bond motifs is 1. The van der Waals surface area contributed by atoms with Gasteiger partial charge in [-0.05, 0) is 77.7 Å². The molecule has 0 spiro atoms. The highest BCUT2D eigenvalue weighted by Crippen LogP contribution is 2.22. The monoisotopic (exact) mass is 462 g/mol. The molecule has 0 bridgehead atoms. The molecule has 0 atom stereocenters. The normalized spacial score (nSPS) is 10.9. The number of halogens is 4. The van der Waals surface area contributed by atoms with Crippen molar-refractivity contribution in [2.24, 2.45) is 0 Å². The van der Waals surface area contributed by atoms with Crippen LogP contribution in [0.1, 0.15) is 27.8 Å². The van der Waals surface area contributed by atoms with Crippen molar-refractivity contribution in [3.05, 3.63) is 118 Å². The summed E-state index contributed by atoms with van der Waals surface area (Å²) < 4.78 is 61.2. The Bertz CT molecular complexity index is 1400. The molecule has 5 heteroatoms. The molecule has 0 N–H and O–H groups in total. The van der Waals surface area contributed by atoms with E-state index < -0.39 is 17.5 Å². The van der Waals surface area contributed by atoms with Crippen LogP contribution in [0.4, 0.5) is 17.6 Å². The highest BCUT2D eigenvalue weighted by molar-refractivity contribution is 5.84. The first-order valence-electron chi connectivity index (χ1n) is 10.9. The zero-order valence-corrected chi connectivity index (χ0v) is 18.6. The molecule has 0 aliphatic heterocycles. The van der Waals surface area contributed by atoms with Gasteiger partial charge in [-0.2, -0.15) is 0 Å². The molecule has 4 aromatic carbocycles. The SMILES string of the molecule is COCCc1ccc(CCc2ccc(C#Cc3ccc4c(F)c(F)ccc4c3)c(F)c2)c(F)c1. The Labute approximate surface area is 196 Å². The summed E-state index contributed by atoms with van der Waals surface area (Å²) in [6, 6.07) is 17.1. The van der Waals surface area contributed by atoms with Gasteiger partial charge in [-0.15, -0.1) is 0 Å². The van der Waals surface area contributed by atoms with Gasteiger partial charge in [0.15, 0.2) is 11.6 Å². The molecule has 0 unspecified atom stereocenters. The summed E-state index contributed by atoms with van der Waals surface area (Å²) in [5.74, 6) is 3.12. The Morgan fingerprint density at radius 1 is 0.676 bits per heavy atom. The molecule has 0 aliphatic carbocycles. The van der Waals surface area contributed by atoms with Crippen LogP contribution in [0.25, 0.3) is 10.8 Å². The molecule has 34 heavy (non-hydrogen) atoms. The smallest absolute Gasteiger partial charge is 0.166 e. The number of rotatable bonds is 6. The van der Waals surface area contributed by atoms with Crippen LogP contribution in [0, 0.1) is 35.1 Å². The van der Waals surface area contributed by atoms with E-state index in [2.05, 4.69) is 11.8 Å². The Kier molecular flexibility index (Phi) is 7.30. The third kappa shape index (κ3) is 5.47. The van der Waals surface area contributed by atoms with Gasteiger partial charge in [-0.3, -0.25) is 0 Å². The zero-order valence-electron chi connectivity index (χ0n) is 18.6. The number of benzene rings is 4. The van der Waals surface area contributed by atoms with Crippen molar-refractivity contribution in [2.45, 2.75) is 19.3 Å². The third-order valence-electron chi connectivity index (χ3n) is 5.68. The van der Waals surface area contributed by atoms with Crippen LogP contribution < -0.4 is 0 Å². The summed E-state index contributed by atoms with van der Waals surface area (Å²) in [5.41, 5.74) is 2.99. The van der Waals surface area contributed by atoms with E-state index in [1.54, 1.807) is 37.4 Å². The molecule has 4 aromatic rings. The highest BCUT2D eigenvalue weighted by atomic mass is 19.2. The first-order chi connectivity index (χ1) is 16.4. The molecule has 0 heterocycles. The standard InChI is InChI=1S/C29H22F4O/c1-34-15-14-21-5-10-23(28(32)18-21)9-4-20-3-8-22(27(31)17-20)7-2-19-6-12-25-24(16-19)11-13-26(30)29(25)33/h3,5-6,8,10-13,16-18H,4,9,14-15H2,1H3. The van der Waals surface area contributed by atoms with E-state index in [1.165, 1.54) is 24.3 Å². The van der Waals surface area contributed by atoms with Crippen molar-refractivity contribution < 1.29 is 22.3 Å². The first kappa shape index (κ1) is 23.5. The number of hydrogen-bond acceptors (Lipinski definition) is 1. The second-order valence-corrected chi connectivity index (χ2v) is 8.03. The molecule has 172 valence electrons. The topological polar surface area (TPSA) is 9.23 Å². The molecule has 0 saturated carbocycles. The van der Waals surface area contributed by atoms with Crippen molar-refractivity contribution in [2.75, 3.05) is 13.7 Å². The summed E-state index contributed by atoms with van der Waals surface area (Å²) in [7, 11) is 1.61. The van der Waals surface area contributed by atoms with Gasteiger partial charge in [0.1, 0.15) is 11.6 Å². The average Bonchev–Trinajstić information content (AvgIpc) is 2.84. The second-order valence-electron chi connectivity index (χ2n) is 8.03. The number of hydrogen-bond donors (Lipinski definition) is 0. The van der Waals surface area contributed by atoms with Crippen LogP contribution in [-0.4, -0.2) is 13.7 Å². The summed E-state index contributed by atoms with van der Waals surface area (Å²) in [5, 5.41) is 0.683. The van der Waals surface area contributed by atoms with Crippen LogP contribution in [0.5, 0.6) is 0 Å². The number of aryl methyl sites for hydroxylation is 2. The Hall–Kier alpha value is -3.62. The lowest BCUT2D eigenvalue weighted by atomic mass is 10.0. The summed E-state index contributed by atoms with van der Waals surface area (Å²) in [6.07, 6.45) is 1.59. The van der Waals surface area contributed by atoms with Gasteiger partial charge >= 0.3 is 0 Å². The maximum absolute atomic E-state index is 14.6. The Balaban J connectivity index is 1.45. The lowest BCUT2D eigenvalue weighted by Crippen LogP contribution is -1.99. The largest absolute Gasteiger partial charge is 0.384 e. The van der Waals surface area contributed by atoms with Crippen molar-refractivity contribution in [3.8, 4) is 11.8 Å². The van der Waals surface area contributed by atoms with Crippen molar-refractivity contribution in [3.63, 3.8) is 0 Å². The van der Waals surface area contributed by atoms with Gasteiger partial charge in [-0.25, -0.2) is 17.6 Å². The molecular weight excluding hydrogens is 440 g/mol. The van der Waals surface area contributed by atoms with Gasteiger partial charge < -0.3 is 4.74 Å². The molecule has 4 rings (SSSR count). The molecule has 0 saturated heterocycles. The van der Waals surface area contributed by atoms with Gasteiger partial charge in [0, 0.05) is 18.1 Å². The minimum atomic E-state index is -0.907. The Morgan fingerprint density at radius 2 is 1.44 bits per heavy atom. The summed E-state index contributed by atoms with van der Waals surface area (Å²) in [6.45, 7) is 0.534. The summed E-state index contributed by atoms with van der Waals surface area (Å²) in [4.78, 5) is 0. The minimum absolute atomic E-state index is 0.169. The van der Waals surface area contributed by atoms with Crippen LogP contribution in [0.3, 0.4) is 0 Å². The number of methoxy groups -OCH3 is 1. The number of ether oxygens (including phenoxy) is 1. The molecule has 0 amide bonds.